The number of nitrogens with zero attached hydrogens (tertiary/aromatic N) is 2. The Morgan fingerprint density at radius 2 is 1.97 bits per heavy atom. The van der Waals surface area contributed by atoms with E-state index in [9.17, 15) is 9.90 Å². The maximum absolute atomic E-state index is 11.8. The maximum Gasteiger partial charge on any atom is 0.339 e. The zero-order chi connectivity index (χ0) is 20.7. The summed E-state index contributed by atoms with van der Waals surface area (Å²) >= 11 is 0. The number of nitrogens with one attached hydrogen (secondary N) is 1. The van der Waals surface area contributed by atoms with Crippen molar-refractivity contribution >= 4 is 28.4 Å². The van der Waals surface area contributed by atoms with Gasteiger partial charge in [0.15, 0.2) is 0 Å². The number of carboxylic acids is 1. The first-order chi connectivity index (χ1) is 14.6. The Kier molecular flexibility index (Phi) is 4.51. The Morgan fingerprint density at radius 1 is 1.17 bits per heavy atom. The molecule has 5 nitrogen and oxygen atoms in total. The Hall–Kier alpha value is -3.60. The van der Waals surface area contributed by atoms with Gasteiger partial charge in [0.2, 0.25) is 0 Å². The number of hydrogen-bond donors (Lipinski definition) is 2. The number of aromatic carboxylic acids is 1. The van der Waals surface area contributed by atoms with Gasteiger partial charge < -0.3 is 15.0 Å². The molecule has 2 N–H and O–H groups in total. The minimum Gasteiger partial charge on any atom is -0.478 e. The van der Waals surface area contributed by atoms with E-state index in [2.05, 4.69) is 52.3 Å². The summed E-state index contributed by atoms with van der Waals surface area (Å²) in [6.45, 7) is 3.01. The van der Waals surface area contributed by atoms with Gasteiger partial charge in [-0.1, -0.05) is 30.3 Å². The van der Waals surface area contributed by atoms with Crippen molar-refractivity contribution in [3.63, 3.8) is 0 Å². The molecule has 1 aliphatic carbocycles. The van der Waals surface area contributed by atoms with Gasteiger partial charge in [-0.25, -0.2) is 9.78 Å². The van der Waals surface area contributed by atoms with Crippen molar-refractivity contribution in [1.29, 1.82) is 0 Å². The SMILES string of the molecule is CCn1cc(-c2ccccc2)c2cc(Nc3ncc(C4CC4)cc3C(=O)O)ccc21. The third-order valence-corrected chi connectivity index (χ3v) is 5.76. The molecule has 1 fully saturated rings. The molecule has 0 aliphatic heterocycles. The third kappa shape index (κ3) is 3.32. The van der Waals surface area contributed by atoms with E-state index in [-0.39, 0.29) is 5.56 Å². The van der Waals surface area contributed by atoms with Crippen LogP contribution in [0, 0.1) is 0 Å². The lowest BCUT2D eigenvalue weighted by Crippen LogP contribution is -2.06. The molecule has 0 radical (unpaired) electrons. The van der Waals surface area contributed by atoms with Crippen molar-refractivity contribution in [1.82, 2.24) is 9.55 Å². The molecule has 1 aliphatic rings. The average Bonchev–Trinajstić information content (AvgIpc) is 3.55. The second-order valence-corrected chi connectivity index (χ2v) is 7.80. The molecule has 0 bridgehead atoms. The van der Waals surface area contributed by atoms with Crippen molar-refractivity contribution in [3.8, 4) is 11.1 Å². The first-order valence-corrected chi connectivity index (χ1v) is 10.3. The number of pyridine rings is 1. The van der Waals surface area contributed by atoms with Gasteiger partial charge in [0.25, 0.3) is 0 Å². The fourth-order valence-electron chi connectivity index (χ4n) is 4.00. The molecule has 5 heteroatoms. The van der Waals surface area contributed by atoms with Crippen molar-refractivity contribution in [3.05, 3.63) is 78.1 Å². The van der Waals surface area contributed by atoms with E-state index >= 15 is 0 Å². The Labute approximate surface area is 175 Å². The molecule has 0 atom stereocenters. The maximum atomic E-state index is 11.8. The van der Waals surface area contributed by atoms with Crippen molar-refractivity contribution in [2.45, 2.75) is 32.2 Å². The van der Waals surface area contributed by atoms with Gasteiger partial charge >= 0.3 is 5.97 Å². The van der Waals surface area contributed by atoms with Crippen LogP contribution < -0.4 is 5.32 Å². The summed E-state index contributed by atoms with van der Waals surface area (Å²) in [5.41, 5.74) is 5.52. The predicted octanol–water partition coefficient (Wildman–Crippen LogP) is 6.04. The fraction of sp³-hybridized carbons (Fsp3) is 0.200. The molecule has 30 heavy (non-hydrogen) atoms. The second-order valence-electron chi connectivity index (χ2n) is 7.80. The lowest BCUT2D eigenvalue weighted by atomic mass is 10.0. The number of aromatic nitrogens is 2. The number of aryl methyl sites for hydroxylation is 1. The minimum atomic E-state index is -0.962. The number of rotatable bonds is 6. The summed E-state index contributed by atoms with van der Waals surface area (Å²) in [6.07, 6.45) is 6.20. The van der Waals surface area contributed by atoms with Gasteiger partial charge in [-0.2, -0.15) is 0 Å². The average molecular weight is 397 g/mol. The standard InChI is InChI=1S/C25H23N3O2/c1-2-28-15-22(17-6-4-3-5-7-17)20-13-19(10-11-23(20)28)27-24-21(25(29)30)12-18(14-26-24)16-8-9-16/h3-7,10-16H,2,8-9H2,1H3,(H,26,27)(H,29,30). The molecule has 0 amide bonds. The number of benzene rings is 2. The van der Waals surface area contributed by atoms with Gasteiger partial charge in [-0.3, -0.25) is 0 Å². The Morgan fingerprint density at radius 3 is 2.67 bits per heavy atom. The Balaban J connectivity index is 1.56. The summed E-state index contributed by atoms with van der Waals surface area (Å²) < 4.78 is 2.23. The molecule has 2 heterocycles. The Bertz CT molecular complexity index is 1240. The minimum absolute atomic E-state index is 0.217. The van der Waals surface area contributed by atoms with Crippen LogP contribution in [-0.4, -0.2) is 20.6 Å². The van der Waals surface area contributed by atoms with Crippen molar-refractivity contribution in [2.24, 2.45) is 0 Å². The van der Waals surface area contributed by atoms with Gasteiger partial charge in [0.1, 0.15) is 11.4 Å². The van der Waals surface area contributed by atoms with Crippen LogP contribution in [0.15, 0.2) is 67.0 Å². The molecule has 5 rings (SSSR count). The highest BCUT2D eigenvalue weighted by Crippen LogP contribution is 2.41. The van der Waals surface area contributed by atoms with Crippen LogP contribution in [0.4, 0.5) is 11.5 Å². The third-order valence-electron chi connectivity index (χ3n) is 5.76. The largest absolute Gasteiger partial charge is 0.478 e. The lowest BCUT2D eigenvalue weighted by Gasteiger charge is -2.11. The highest BCUT2D eigenvalue weighted by Gasteiger charge is 2.26. The molecule has 2 aromatic carbocycles. The van der Waals surface area contributed by atoms with Crippen LogP contribution in [0.3, 0.4) is 0 Å². The summed E-state index contributed by atoms with van der Waals surface area (Å²) in [7, 11) is 0. The normalized spacial score (nSPS) is 13.5. The quantitative estimate of drug-likeness (QED) is 0.416. The molecule has 1 saturated carbocycles. The molecular weight excluding hydrogens is 374 g/mol. The van der Waals surface area contributed by atoms with E-state index in [4.69, 9.17) is 0 Å². The van der Waals surface area contributed by atoms with Gasteiger partial charge in [0, 0.05) is 41.1 Å². The van der Waals surface area contributed by atoms with Crippen LogP contribution in [0.5, 0.6) is 0 Å². The van der Waals surface area contributed by atoms with Crippen LogP contribution in [0.25, 0.3) is 22.0 Å². The van der Waals surface area contributed by atoms with Crippen LogP contribution in [-0.2, 0) is 6.54 Å². The number of anilines is 2. The molecule has 4 aromatic rings. The zero-order valence-electron chi connectivity index (χ0n) is 16.8. The highest BCUT2D eigenvalue weighted by atomic mass is 16.4. The monoisotopic (exact) mass is 397 g/mol. The van der Waals surface area contributed by atoms with Gasteiger partial charge in [-0.15, -0.1) is 0 Å². The van der Waals surface area contributed by atoms with E-state index in [1.54, 1.807) is 12.3 Å². The van der Waals surface area contributed by atoms with Crippen LogP contribution in [0.1, 0.15) is 41.6 Å². The second kappa shape index (κ2) is 7.34. The smallest absolute Gasteiger partial charge is 0.339 e. The summed E-state index contributed by atoms with van der Waals surface area (Å²) in [5, 5.41) is 14.0. The first kappa shape index (κ1) is 18.4. The van der Waals surface area contributed by atoms with E-state index < -0.39 is 5.97 Å². The van der Waals surface area contributed by atoms with E-state index in [1.807, 2.05) is 24.3 Å². The number of carbonyl (C=O) groups is 1. The van der Waals surface area contributed by atoms with E-state index in [1.165, 1.54) is 0 Å². The van der Waals surface area contributed by atoms with E-state index in [0.29, 0.717) is 11.7 Å². The number of carboxylic acid groups (broad SMARTS) is 1. The molecule has 150 valence electrons. The summed E-state index contributed by atoms with van der Waals surface area (Å²) in [5.74, 6) is -0.124. The van der Waals surface area contributed by atoms with Crippen LogP contribution in [0.2, 0.25) is 0 Å². The summed E-state index contributed by atoms with van der Waals surface area (Å²) in [4.78, 5) is 16.3. The molecular formula is C25H23N3O2. The molecule has 2 aromatic heterocycles. The zero-order valence-corrected chi connectivity index (χ0v) is 16.8. The van der Waals surface area contributed by atoms with Gasteiger partial charge in [-0.05, 0) is 61.1 Å². The van der Waals surface area contributed by atoms with Gasteiger partial charge in [0.05, 0.1) is 0 Å². The van der Waals surface area contributed by atoms with E-state index in [0.717, 1.165) is 52.7 Å². The first-order valence-electron chi connectivity index (χ1n) is 10.3. The lowest BCUT2D eigenvalue weighted by molar-refractivity contribution is 0.0697. The molecule has 0 saturated heterocycles. The highest BCUT2D eigenvalue weighted by molar-refractivity contribution is 5.99. The predicted molar refractivity (Wildman–Crippen MR) is 120 cm³/mol. The fourth-order valence-corrected chi connectivity index (χ4v) is 4.00. The topological polar surface area (TPSA) is 67.2 Å². The molecule has 0 unspecified atom stereocenters. The number of fused-ring (bicyclic) bond motifs is 1. The number of hydrogen-bond acceptors (Lipinski definition) is 3. The summed E-state index contributed by atoms with van der Waals surface area (Å²) in [6, 6.07) is 18.2. The molecule has 0 spiro atoms. The van der Waals surface area contributed by atoms with Crippen molar-refractivity contribution in [2.75, 3.05) is 5.32 Å². The van der Waals surface area contributed by atoms with Crippen LogP contribution >= 0.6 is 0 Å². The van der Waals surface area contributed by atoms with Crippen molar-refractivity contribution < 1.29 is 9.90 Å².